The number of likely N-dealkylation sites (tertiary alicyclic amines) is 1. The van der Waals surface area contributed by atoms with Gasteiger partial charge in [-0.25, -0.2) is 0 Å². The van der Waals surface area contributed by atoms with Crippen LogP contribution in [0.3, 0.4) is 0 Å². The highest BCUT2D eigenvalue weighted by Gasteiger charge is 2.24. The second kappa shape index (κ2) is 3.11. The molecule has 3 nitrogen and oxygen atoms in total. The minimum Gasteiger partial charge on any atom is -0.370 e. The molecule has 0 aromatic carbocycles. The van der Waals surface area contributed by atoms with Gasteiger partial charge in [0, 0.05) is 12.1 Å². The molecular formula is C8H17N3. The second-order valence-electron chi connectivity index (χ2n) is 3.42. The topological polar surface area (TPSA) is 53.1 Å². The first-order valence-electron chi connectivity index (χ1n) is 4.25. The summed E-state index contributed by atoms with van der Waals surface area (Å²) in [5, 5.41) is 7.35. The van der Waals surface area contributed by atoms with E-state index in [-0.39, 0.29) is 5.96 Å². The van der Waals surface area contributed by atoms with Gasteiger partial charge in [-0.15, -0.1) is 0 Å². The van der Waals surface area contributed by atoms with E-state index in [4.69, 9.17) is 11.1 Å². The summed E-state index contributed by atoms with van der Waals surface area (Å²) in [4.78, 5) is 2.00. The summed E-state index contributed by atoms with van der Waals surface area (Å²) < 4.78 is 0. The van der Waals surface area contributed by atoms with E-state index in [0.29, 0.717) is 12.1 Å². The van der Waals surface area contributed by atoms with E-state index < -0.39 is 0 Å². The zero-order valence-corrected chi connectivity index (χ0v) is 7.30. The first-order valence-corrected chi connectivity index (χ1v) is 4.25. The third-order valence-electron chi connectivity index (χ3n) is 2.47. The van der Waals surface area contributed by atoms with Gasteiger partial charge in [0.15, 0.2) is 5.96 Å². The average molecular weight is 155 g/mol. The van der Waals surface area contributed by atoms with Crippen molar-refractivity contribution in [2.75, 3.05) is 0 Å². The molecule has 2 atom stereocenters. The number of hydrogen-bond acceptors (Lipinski definition) is 1. The van der Waals surface area contributed by atoms with Gasteiger partial charge in [-0.05, 0) is 33.1 Å². The van der Waals surface area contributed by atoms with Crippen molar-refractivity contribution in [1.29, 1.82) is 5.41 Å². The summed E-state index contributed by atoms with van der Waals surface area (Å²) in [6.45, 7) is 4.27. The van der Waals surface area contributed by atoms with E-state index in [9.17, 15) is 0 Å². The first-order chi connectivity index (χ1) is 5.13. The van der Waals surface area contributed by atoms with Crippen LogP contribution >= 0.6 is 0 Å². The summed E-state index contributed by atoms with van der Waals surface area (Å²) in [6.07, 6.45) is 3.61. The Morgan fingerprint density at radius 1 is 1.36 bits per heavy atom. The van der Waals surface area contributed by atoms with Crippen molar-refractivity contribution in [3.8, 4) is 0 Å². The molecule has 0 radical (unpaired) electrons. The summed E-state index contributed by atoms with van der Waals surface area (Å²) >= 11 is 0. The smallest absolute Gasteiger partial charge is 0.188 e. The Bertz CT molecular complexity index is 145. The molecule has 1 fully saturated rings. The molecule has 0 aliphatic carbocycles. The van der Waals surface area contributed by atoms with Gasteiger partial charge in [-0.3, -0.25) is 5.41 Å². The zero-order valence-electron chi connectivity index (χ0n) is 7.30. The van der Waals surface area contributed by atoms with Crippen LogP contribution in [0.2, 0.25) is 0 Å². The van der Waals surface area contributed by atoms with Crippen LogP contribution in [0.25, 0.3) is 0 Å². The Hall–Kier alpha value is -0.730. The fourth-order valence-electron chi connectivity index (χ4n) is 1.90. The highest BCUT2D eigenvalue weighted by atomic mass is 15.3. The second-order valence-corrected chi connectivity index (χ2v) is 3.42. The van der Waals surface area contributed by atoms with Crippen LogP contribution in [0.15, 0.2) is 0 Å². The minimum atomic E-state index is 0.227. The number of nitrogens with zero attached hydrogens (tertiary/aromatic N) is 1. The van der Waals surface area contributed by atoms with Crippen LogP contribution in [0, 0.1) is 5.41 Å². The Kier molecular flexibility index (Phi) is 2.37. The standard InChI is InChI=1S/C8H17N3/c1-6-4-3-5-7(2)11(6)8(9)10/h6-7H,3-5H2,1-2H3,(H3,9,10)/t6-,7-/m1/s1. The molecule has 0 saturated carbocycles. The van der Waals surface area contributed by atoms with Crippen molar-refractivity contribution in [3.63, 3.8) is 0 Å². The van der Waals surface area contributed by atoms with Crippen molar-refractivity contribution in [3.05, 3.63) is 0 Å². The Balaban J connectivity index is 2.62. The van der Waals surface area contributed by atoms with E-state index in [1.807, 2.05) is 4.90 Å². The molecule has 1 saturated heterocycles. The fraction of sp³-hybridized carbons (Fsp3) is 0.875. The van der Waals surface area contributed by atoms with Crippen molar-refractivity contribution in [2.24, 2.45) is 5.73 Å². The lowest BCUT2D eigenvalue weighted by Gasteiger charge is -2.39. The van der Waals surface area contributed by atoms with Gasteiger partial charge in [-0.2, -0.15) is 0 Å². The highest BCUT2D eigenvalue weighted by Crippen LogP contribution is 2.21. The van der Waals surface area contributed by atoms with Crippen LogP contribution in [0.4, 0.5) is 0 Å². The summed E-state index contributed by atoms with van der Waals surface area (Å²) in [5.41, 5.74) is 5.46. The van der Waals surface area contributed by atoms with Crippen molar-refractivity contribution in [1.82, 2.24) is 4.90 Å². The Labute approximate surface area is 68.1 Å². The molecule has 0 bridgehead atoms. The quantitative estimate of drug-likeness (QED) is 0.407. The summed E-state index contributed by atoms with van der Waals surface area (Å²) in [7, 11) is 0. The zero-order chi connectivity index (χ0) is 8.43. The van der Waals surface area contributed by atoms with Gasteiger partial charge in [0.2, 0.25) is 0 Å². The van der Waals surface area contributed by atoms with E-state index in [1.54, 1.807) is 0 Å². The molecular weight excluding hydrogens is 138 g/mol. The van der Waals surface area contributed by atoms with E-state index >= 15 is 0 Å². The lowest BCUT2D eigenvalue weighted by molar-refractivity contribution is 0.188. The fourth-order valence-corrected chi connectivity index (χ4v) is 1.90. The molecule has 0 aromatic rings. The number of guanidine groups is 1. The molecule has 0 aromatic heterocycles. The SMILES string of the molecule is C[C@@H]1CCC[C@@H](C)N1C(=N)N. The molecule has 64 valence electrons. The lowest BCUT2D eigenvalue weighted by Crippen LogP contribution is -2.50. The van der Waals surface area contributed by atoms with Gasteiger partial charge in [0.05, 0.1) is 0 Å². The molecule has 1 aliphatic heterocycles. The molecule has 3 N–H and O–H groups in total. The third kappa shape index (κ3) is 1.64. The van der Waals surface area contributed by atoms with Crippen molar-refractivity contribution >= 4 is 5.96 Å². The normalized spacial score (nSPS) is 32.0. The van der Waals surface area contributed by atoms with Crippen LogP contribution in [0.5, 0.6) is 0 Å². The predicted molar refractivity (Wildman–Crippen MR) is 46.5 cm³/mol. The maximum Gasteiger partial charge on any atom is 0.188 e. The molecule has 11 heavy (non-hydrogen) atoms. The number of hydrogen-bond donors (Lipinski definition) is 2. The third-order valence-corrected chi connectivity index (χ3v) is 2.47. The number of nitrogens with one attached hydrogen (secondary N) is 1. The molecule has 1 rings (SSSR count). The van der Waals surface area contributed by atoms with Crippen LogP contribution in [0.1, 0.15) is 33.1 Å². The number of piperidine rings is 1. The monoisotopic (exact) mass is 155 g/mol. The Morgan fingerprint density at radius 2 is 1.82 bits per heavy atom. The van der Waals surface area contributed by atoms with Gasteiger partial charge in [-0.1, -0.05) is 0 Å². The largest absolute Gasteiger partial charge is 0.370 e. The molecule has 1 aliphatic rings. The maximum absolute atomic E-state index is 7.35. The van der Waals surface area contributed by atoms with Gasteiger partial charge in [0.25, 0.3) is 0 Å². The van der Waals surface area contributed by atoms with Crippen molar-refractivity contribution < 1.29 is 0 Å². The van der Waals surface area contributed by atoms with E-state index in [2.05, 4.69) is 13.8 Å². The molecule has 3 heteroatoms. The van der Waals surface area contributed by atoms with E-state index in [1.165, 1.54) is 19.3 Å². The highest BCUT2D eigenvalue weighted by molar-refractivity contribution is 5.75. The van der Waals surface area contributed by atoms with Gasteiger partial charge >= 0.3 is 0 Å². The number of rotatable bonds is 0. The lowest BCUT2D eigenvalue weighted by atomic mass is 9.98. The summed E-state index contributed by atoms with van der Waals surface area (Å²) in [6, 6.07) is 0.910. The predicted octanol–water partition coefficient (Wildman–Crippen LogP) is 1.14. The first kappa shape index (κ1) is 8.37. The number of nitrogens with two attached hydrogens (primary N) is 1. The molecule has 1 heterocycles. The van der Waals surface area contributed by atoms with E-state index in [0.717, 1.165) is 0 Å². The molecule has 0 amide bonds. The summed E-state index contributed by atoms with van der Waals surface area (Å²) in [5.74, 6) is 0.227. The molecule has 0 unspecified atom stereocenters. The van der Waals surface area contributed by atoms with Gasteiger partial charge in [0.1, 0.15) is 0 Å². The van der Waals surface area contributed by atoms with Gasteiger partial charge < -0.3 is 10.6 Å². The van der Waals surface area contributed by atoms with Crippen molar-refractivity contribution in [2.45, 2.75) is 45.2 Å². The minimum absolute atomic E-state index is 0.227. The molecule has 0 spiro atoms. The van der Waals surface area contributed by atoms with Crippen LogP contribution in [-0.2, 0) is 0 Å². The maximum atomic E-state index is 7.35. The average Bonchev–Trinajstić information content (AvgIpc) is 1.85. The van der Waals surface area contributed by atoms with Crippen LogP contribution < -0.4 is 5.73 Å². The van der Waals surface area contributed by atoms with Crippen LogP contribution in [-0.4, -0.2) is 22.9 Å². The Morgan fingerprint density at radius 3 is 2.09 bits per heavy atom.